The van der Waals surface area contributed by atoms with Gasteiger partial charge in [0.1, 0.15) is 0 Å². The number of hydrogen-bond acceptors (Lipinski definition) is 2. The summed E-state index contributed by atoms with van der Waals surface area (Å²) in [7, 11) is 2.21. The lowest BCUT2D eigenvalue weighted by atomic mass is 9.92. The molecule has 1 heterocycles. The van der Waals surface area contributed by atoms with Crippen molar-refractivity contribution in [2.75, 3.05) is 20.1 Å². The van der Waals surface area contributed by atoms with Gasteiger partial charge in [0, 0.05) is 19.1 Å². The molecule has 0 aromatic rings. The molecule has 2 N–H and O–H groups in total. The lowest BCUT2D eigenvalue weighted by molar-refractivity contribution is 0.0971. The van der Waals surface area contributed by atoms with Gasteiger partial charge in [-0.15, -0.1) is 0 Å². The normalized spacial score (nSPS) is 34.8. The average molecular weight is 168 g/mol. The van der Waals surface area contributed by atoms with E-state index in [9.17, 15) is 0 Å². The van der Waals surface area contributed by atoms with Gasteiger partial charge < -0.3 is 10.6 Å². The van der Waals surface area contributed by atoms with Crippen LogP contribution in [0.15, 0.2) is 0 Å². The Morgan fingerprint density at radius 2 is 2.25 bits per heavy atom. The van der Waals surface area contributed by atoms with E-state index in [2.05, 4.69) is 18.9 Å². The molecule has 2 nitrogen and oxygen atoms in total. The summed E-state index contributed by atoms with van der Waals surface area (Å²) in [6, 6.07) is 0.403. The van der Waals surface area contributed by atoms with Crippen LogP contribution in [0.5, 0.6) is 0 Å². The number of nitrogens with zero attached hydrogens (tertiary/aromatic N) is 1. The van der Waals surface area contributed by atoms with E-state index in [0.717, 1.165) is 11.3 Å². The van der Waals surface area contributed by atoms with Crippen molar-refractivity contribution < 1.29 is 0 Å². The van der Waals surface area contributed by atoms with Crippen LogP contribution in [0.2, 0.25) is 0 Å². The van der Waals surface area contributed by atoms with Crippen LogP contribution in [0.25, 0.3) is 0 Å². The zero-order valence-corrected chi connectivity index (χ0v) is 8.21. The Labute approximate surface area is 75.1 Å². The fraction of sp³-hybridized carbons (Fsp3) is 1.00. The minimum Gasteiger partial charge on any atom is -0.328 e. The van der Waals surface area contributed by atoms with Crippen molar-refractivity contribution in [3.05, 3.63) is 0 Å². The zero-order valence-electron chi connectivity index (χ0n) is 8.21. The second-order valence-corrected chi connectivity index (χ2v) is 4.99. The summed E-state index contributed by atoms with van der Waals surface area (Å²) in [4.78, 5) is 2.42. The maximum Gasteiger partial charge on any atom is 0.00502 e. The molecule has 1 aliphatic carbocycles. The van der Waals surface area contributed by atoms with Crippen LogP contribution < -0.4 is 5.73 Å². The first kappa shape index (κ1) is 8.52. The predicted octanol–water partition coefficient (Wildman–Crippen LogP) is 1.07. The van der Waals surface area contributed by atoms with Crippen LogP contribution in [0.4, 0.5) is 0 Å². The van der Waals surface area contributed by atoms with Crippen LogP contribution in [-0.2, 0) is 0 Å². The molecule has 2 rings (SSSR count). The summed E-state index contributed by atoms with van der Waals surface area (Å²) in [5.41, 5.74) is 6.50. The van der Waals surface area contributed by atoms with E-state index >= 15 is 0 Å². The lowest BCUT2D eigenvalue weighted by Gasteiger charge is -2.38. The molecule has 1 saturated heterocycles. The number of rotatable bonds is 3. The molecule has 12 heavy (non-hydrogen) atoms. The fourth-order valence-electron chi connectivity index (χ4n) is 2.72. The highest BCUT2D eigenvalue weighted by Gasteiger charge is 2.59. The van der Waals surface area contributed by atoms with Crippen molar-refractivity contribution in [3.63, 3.8) is 0 Å². The molecule has 2 unspecified atom stereocenters. The van der Waals surface area contributed by atoms with Crippen molar-refractivity contribution in [3.8, 4) is 0 Å². The summed E-state index contributed by atoms with van der Waals surface area (Å²) in [5, 5.41) is 0. The molecule has 0 bridgehead atoms. The largest absolute Gasteiger partial charge is 0.328 e. The second kappa shape index (κ2) is 2.71. The first-order valence-corrected chi connectivity index (χ1v) is 5.06. The summed E-state index contributed by atoms with van der Waals surface area (Å²) >= 11 is 0. The molecule has 70 valence electrons. The van der Waals surface area contributed by atoms with Gasteiger partial charge in [0.2, 0.25) is 0 Å². The Kier molecular flexibility index (Phi) is 1.92. The van der Waals surface area contributed by atoms with E-state index in [1.54, 1.807) is 0 Å². The van der Waals surface area contributed by atoms with Gasteiger partial charge in [0.25, 0.3) is 0 Å². The number of likely N-dealkylation sites (tertiary alicyclic amines) is 1. The van der Waals surface area contributed by atoms with Gasteiger partial charge in [-0.05, 0) is 44.6 Å². The van der Waals surface area contributed by atoms with E-state index < -0.39 is 0 Å². The van der Waals surface area contributed by atoms with Crippen molar-refractivity contribution >= 4 is 0 Å². The molecule has 0 aromatic carbocycles. The van der Waals surface area contributed by atoms with Gasteiger partial charge in [0.15, 0.2) is 0 Å². The zero-order chi connectivity index (χ0) is 8.77. The van der Waals surface area contributed by atoms with Crippen molar-refractivity contribution in [1.82, 2.24) is 4.90 Å². The Morgan fingerprint density at radius 1 is 1.58 bits per heavy atom. The van der Waals surface area contributed by atoms with Crippen molar-refractivity contribution in [2.24, 2.45) is 17.1 Å². The van der Waals surface area contributed by atoms with Crippen LogP contribution in [0, 0.1) is 11.3 Å². The van der Waals surface area contributed by atoms with Crippen molar-refractivity contribution in [1.29, 1.82) is 0 Å². The van der Waals surface area contributed by atoms with E-state index in [4.69, 9.17) is 5.73 Å². The van der Waals surface area contributed by atoms with Gasteiger partial charge in [-0.2, -0.15) is 0 Å². The molecule has 0 aromatic heterocycles. The van der Waals surface area contributed by atoms with Gasteiger partial charge in [-0.1, -0.05) is 0 Å². The first-order valence-electron chi connectivity index (χ1n) is 5.06. The van der Waals surface area contributed by atoms with Gasteiger partial charge in [-0.3, -0.25) is 0 Å². The summed E-state index contributed by atoms with van der Waals surface area (Å²) < 4.78 is 0. The third-order valence-corrected chi connectivity index (χ3v) is 3.50. The van der Waals surface area contributed by atoms with Gasteiger partial charge >= 0.3 is 0 Å². The second-order valence-electron chi connectivity index (χ2n) is 4.99. The molecule has 2 aliphatic rings. The quantitative estimate of drug-likeness (QED) is 0.683. The van der Waals surface area contributed by atoms with E-state index in [1.165, 1.54) is 32.4 Å². The minimum absolute atomic E-state index is 0.403. The van der Waals surface area contributed by atoms with Crippen molar-refractivity contribution in [2.45, 2.75) is 32.2 Å². The highest BCUT2D eigenvalue weighted by Crippen LogP contribution is 2.60. The Hall–Kier alpha value is -0.0800. The van der Waals surface area contributed by atoms with E-state index in [1.807, 2.05) is 0 Å². The molecular weight excluding hydrogens is 148 g/mol. The molecule has 2 heteroatoms. The van der Waals surface area contributed by atoms with Crippen LogP contribution in [-0.4, -0.2) is 31.1 Å². The molecule has 1 spiro atoms. The lowest BCUT2D eigenvalue weighted by Crippen LogP contribution is -2.46. The first-order chi connectivity index (χ1) is 5.62. The van der Waals surface area contributed by atoms with Gasteiger partial charge in [0.05, 0.1) is 0 Å². The molecule has 0 radical (unpaired) electrons. The van der Waals surface area contributed by atoms with Crippen LogP contribution in [0.3, 0.4) is 0 Å². The number of nitrogens with two attached hydrogens (primary N) is 1. The topological polar surface area (TPSA) is 29.3 Å². The fourth-order valence-corrected chi connectivity index (χ4v) is 2.72. The van der Waals surface area contributed by atoms with Gasteiger partial charge in [-0.25, -0.2) is 0 Å². The molecule has 2 atom stereocenters. The Balaban J connectivity index is 1.68. The highest BCUT2D eigenvalue weighted by molar-refractivity contribution is 5.10. The molecule has 1 saturated carbocycles. The standard InChI is InChI=1S/C10H20N2/c1-8(11)3-4-9-5-10(9)6-12(2)7-10/h8-9H,3-7,11H2,1-2H3. The van der Waals surface area contributed by atoms with E-state index in [-0.39, 0.29) is 0 Å². The van der Waals surface area contributed by atoms with Crippen LogP contribution >= 0.6 is 0 Å². The maximum atomic E-state index is 5.73. The molecule has 2 fully saturated rings. The summed E-state index contributed by atoms with van der Waals surface area (Å²) in [6.45, 7) is 4.80. The maximum absolute atomic E-state index is 5.73. The molecular formula is C10H20N2. The summed E-state index contributed by atoms with van der Waals surface area (Å²) in [6.07, 6.45) is 4.06. The molecule has 1 aliphatic heterocycles. The predicted molar refractivity (Wildman–Crippen MR) is 50.9 cm³/mol. The molecule has 0 amide bonds. The minimum atomic E-state index is 0.403. The monoisotopic (exact) mass is 168 g/mol. The van der Waals surface area contributed by atoms with Crippen LogP contribution in [0.1, 0.15) is 26.2 Å². The third kappa shape index (κ3) is 1.38. The highest BCUT2D eigenvalue weighted by atomic mass is 15.2. The average Bonchev–Trinajstić information content (AvgIpc) is 2.58. The number of hydrogen-bond donors (Lipinski definition) is 1. The van der Waals surface area contributed by atoms with E-state index in [0.29, 0.717) is 6.04 Å². The summed E-state index contributed by atoms with van der Waals surface area (Å²) in [5.74, 6) is 1.01. The SMILES string of the molecule is CC(N)CCC1CC12CN(C)C2. The third-order valence-electron chi connectivity index (χ3n) is 3.50. The smallest absolute Gasteiger partial charge is 0.00502 e. The Bertz CT molecular complexity index is 171. The Morgan fingerprint density at radius 3 is 2.75 bits per heavy atom.